The van der Waals surface area contributed by atoms with Crippen molar-refractivity contribution in [2.75, 3.05) is 5.73 Å². The van der Waals surface area contributed by atoms with Crippen molar-refractivity contribution < 1.29 is 12.8 Å². The third kappa shape index (κ3) is 2.28. The molecule has 0 radical (unpaired) electrons. The van der Waals surface area contributed by atoms with Crippen molar-refractivity contribution in [3.63, 3.8) is 0 Å². The standard InChI is InChI=1S/C13H13N3O3S/c14-10-1-2-11-12(5-10)15-7-13(11)20(17,18)16-6-9-3-4-19-8-9/h1-5,7-8,15-16H,6,14H2. The van der Waals surface area contributed by atoms with Crippen LogP contribution in [0.25, 0.3) is 10.9 Å². The fraction of sp³-hybridized carbons (Fsp3) is 0.0769. The maximum atomic E-state index is 12.3. The molecule has 0 saturated heterocycles. The number of aromatic nitrogens is 1. The number of rotatable bonds is 4. The Bertz CT molecular complexity index is 835. The minimum absolute atomic E-state index is 0.181. The van der Waals surface area contributed by atoms with Crippen LogP contribution in [0.4, 0.5) is 5.69 Å². The van der Waals surface area contributed by atoms with Crippen LogP contribution in [-0.4, -0.2) is 13.4 Å². The summed E-state index contributed by atoms with van der Waals surface area (Å²) in [6.07, 6.45) is 4.46. The van der Waals surface area contributed by atoms with Gasteiger partial charge in [0.25, 0.3) is 0 Å². The Hall–Kier alpha value is -2.25. The third-order valence-electron chi connectivity index (χ3n) is 3.00. The Labute approximate surface area is 115 Å². The smallest absolute Gasteiger partial charge is 0.242 e. The van der Waals surface area contributed by atoms with Crippen molar-refractivity contribution in [3.8, 4) is 0 Å². The van der Waals surface area contributed by atoms with Crippen LogP contribution in [0.15, 0.2) is 52.3 Å². The highest BCUT2D eigenvalue weighted by Gasteiger charge is 2.18. The predicted molar refractivity (Wildman–Crippen MR) is 75.4 cm³/mol. The Morgan fingerprint density at radius 1 is 1.30 bits per heavy atom. The number of sulfonamides is 1. The topological polar surface area (TPSA) is 101 Å². The van der Waals surface area contributed by atoms with Gasteiger partial charge in [-0.1, -0.05) is 0 Å². The second-order valence-electron chi connectivity index (χ2n) is 4.41. The van der Waals surface area contributed by atoms with Crippen LogP contribution in [0, 0.1) is 0 Å². The number of nitrogens with two attached hydrogens (primary N) is 1. The molecule has 0 aliphatic rings. The van der Waals surface area contributed by atoms with Crippen LogP contribution in [0.3, 0.4) is 0 Å². The lowest BCUT2D eigenvalue weighted by atomic mass is 10.2. The molecule has 1 aromatic carbocycles. The zero-order valence-electron chi connectivity index (χ0n) is 10.5. The predicted octanol–water partition coefficient (Wildman–Crippen LogP) is 1.82. The number of H-pyrrole nitrogens is 1. The molecule has 0 atom stereocenters. The Morgan fingerprint density at radius 2 is 2.15 bits per heavy atom. The van der Waals surface area contributed by atoms with Crippen molar-refractivity contribution in [2.24, 2.45) is 0 Å². The summed E-state index contributed by atoms with van der Waals surface area (Å²) in [4.78, 5) is 3.12. The van der Waals surface area contributed by atoms with E-state index in [9.17, 15) is 8.42 Å². The maximum Gasteiger partial charge on any atom is 0.242 e. The molecule has 4 N–H and O–H groups in total. The van der Waals surface area contributed by atoms with Crippen LogP contribution >= 0.6 is 0 Å². The number of fused-ring (bicyclic) bond motifs is 1. The third-order valence-corrected chi connectivity index (χ3v) is 4.44. The van der Waals surface area contributed by atoms with Crippen LogP contribution in [0.1, 0.15) is 5.56 Å². The minimum atomic E-state index is -3.60. The van der Waals surface area contributed by atoms with E-state index in [0.29, 0.717) is 16.6 Å². The molecular weight excluding hydrogens is 278 g/mol. The number of hydrogen-bond acceptors (Lipinski definition) is 4. The number of anilines is 1. The van der Waals surface area contributed by atoms with Crippen molar-refractivity contribution in [2.45, 2.75) is 11.4 Å². The number of furan rings is 1. The van der Waals surface area contributed by atoms with Crippen molar-refractivity contribution >= 4 is 26.6 Å². The van der Waals surface area contributed by atoms with Gasteiger partial charge in [-0.2, -0.15) is 0 Å². The molecule has 0 spiro atoms. The van der Waals surface area contributed by atoms with E-state index < -0.39 is 10.0 Å². The SMILES string of the molecule is Nc1ccc2c(S(=O)(=O)NCc3ccoc3)c[nH]c2c1. The summed E-state index contributed by atoms with van der Waals surface area (Å²) in [6, 6.07) is 6.77. The first kappa shape index (κ1) is 12.8. The number of nitrogen functional groups attached to an aromatic ring is 1. The minimum Gasteiger partial charge on any atom is -0.472 e. The largest absolute Gasteiger partial charge is 0.472 e. The molecule has 20 heavy (non-hydrogen) atoms. The molecule has 0 aliphatic heterocycles. The average Bonchev–Trinajstić information content (AvgIpc) is 3.05. The number of hydrogen-bond donors (Lipinski definition) is 3. The van der Waals surface area contributed by atoms with E-state index in [-0.39, 0.29) is 11.4 Å². The number of benzene rings is 1. The molecule has 7 heteroatoms. The second-order valence-corrected chi connectivity index (χ2v) is 6.15. The summed E-state index contributed by atoms with van der Waals surface area (Å²) in [6.45, 7) is 0.181. The molecule has 104 valence electrons. The van der Waals surface area contributed by atoms with E-state index in [0.717, 1.165) is 5.56 Å². The molecule has 0 saturated carbocycles. The van der Waals surface area contributed by atoms with Gasteiger partial charge in [-0.25, -0.2) is 13.1 Å². The fourth-order valence-electron chi connectivity index (χ4n) is 1.99. The van der Waals surface area contributed by atoms with Crippen LogP contribution in [0.5, 0.6) is 0 Å². The zero-order valence-corrected chi connectivity index (χ0v) is 11.3. The van der Waals surface area contributed by atoms with Crippen molar-refractivity contribution in [1.29, 1.82) is 0 Å². The highest BCUT2D eigenvalue weighted by Crippen LogP contribution is 2.24. The molecule has 3 aromatic rings. The van der Waals surface area contributed by atoms with E-state index in [1.54, 1.807) is 24.3 Å². The zero-order chi connectivity index (χ0) is 14.2. The molecule has 0 amide bonds. The Kier molecular flexibility index (Phi) is 3.00. The van der Waals surface area contributed by atoms with Crippen molar-refractivity contribution in [3.05, 3.63) is 48.6 Å². The maximum absolute atomic E-state index is 12.3. The highest BCUT2D eigenvalue weighted by atomic mass is 32.2. The van der Waals surface area contributed by atoms with Gasteiger partial charge in [-0.3, -0.25) is 0 Å². The molecule has 6 nitrogen and oxygen atoms in total. The van der Waals surface area contributed by atoms with Crippen molar-refractivity contribution in [1.82, 2.24) is 9.71 Å². The first-order chi connectivity index (χ1) is 9.56. The molecular formula is C13H13N3O3S. The monoisotopic (exact) mass is 291 g/mol. The summed E-state index contributed by atoms with van der Waals surface area (Å²) in [5.74, 6) is 0. The first-order valence-electron chi connectivity index (χ1n) is 5.93. The lowest BCUT2D eigenvalue weighted by molar-refractivity contribution is 0.561. The molecule has 0 unspecified atom stereocenters. The Morgan fingerprint density at radius 3 is 2.90 bits per heavy atom. The molecule has 2 aromatic heterocycles. The van der Waals surface area contributed by atoms with E-state index in [1.807, 2.05) is 0 Å². The normalized spacial score (nSPS) is 12.0. The van der Waals surface area contributed by atoms with Crippen LogP contribution < -0.4 is 10.5 Å². The molecule has 0 aliphatic carbocycles. The van der Waals surface area contributed by atoms with Gasteiger partial charge in [0.2, 0.25) is 10.0 Å². The van der Waals surface area contributed by atoms with Gasteiger partial charge < -0.3 is 15.1 Å². The van der Waals surface area contributed by atoms with Gasteiger partial charge >= 0.3 is 0 Å². The van der Waals surface area contributed by atoms with E-state index in [1.165, 1.54) is 18.7 Å². The summed E-state index contributed by atoms with van der Waals surface area (Å²) in [5, 5.41) is 0.610. The lowest BCUT2D eigenvalue weighted by Gasteiger charge is -2.04. The first-order valence-corrected chi connectivity index (χ1v) is 7.42. The van der Waals surface area contributed by atoms with E-state index in [2.05, 4.69) is 9.71 Å². The van der Waals surface area contributed by atoms with Gasteiger partial charge in [0.05, 0.1) is 12.5 Å². The van der Waals surface area contributed by atoms with Gasteiger partial charge in [-0.05, 0) is 24.3 Å². The lowest BCUT2D eigenvalue weighted by Crippen LogP contribution is -2.22. The molecule has 0 fully saturated rings. The number of aromatic amines is 1. The summed E-state index contributed by atoms with van der Waals surface area (Å²) < 4.78 is 32.0. The van der Waals surface area contributed by atoms with E-state index >= 15 is 0 Å². The average molecular weight is 291 g/mol. The van der Waals surface area contributed by atoms with Crippen LogP contribution in [-0.2, 0) is 16.6 Å². The van der Waals surface area contributed by atoms with Gasteiger partial charge in [0.1, 0.15) is 4.90 Å². The highest BCUT2D eigenvalue weighted by molar-refractivity contribution is 7.89. The van der Waals surface area contributed by atoms with Gasteiger partial charge in [0, 0.05) is 34.9 Å². The molecule has 0 bridgehead atoms. The summed E-state index contributed by atoms with van der Waals surface area (Å²) in [7, 11) is -3.60. The quantitative estimate of drug-likeness (QED) is 0.638. The van der Waals surface area contributed by atoms with Gasteiger partial charge in [-0.15, -0.1) is 0 Å². The summed E-state index contributed by atoms with van der Waals surface area (Å²) in [5.41, 5.74) is 7.70. The van der Waals surface area contributed by atoms with Crippen LogP contribution in [0.2, 0.25) is 0 Å². The van der Waals surface area contributed by atoms with E-state index in [4.69, 9.17) is 10.2 Å². The molecule has 3 rings (SSSR count). The Balaban J connectivity index is 1.93. The second kappa shape index (κ2) is 4.69. The summed E-state index contributed by atoms with van der Waals surface area (Å²) >= 11 is 0. The fourth-order valence-corrected chi connectivity index (χ4v) is 3.18. The van der Waals surface area contributed by atoms with Gasteiger partial charge in [0.15, 0.2) is 0 Å². The number of nitrogens with one attached hydrogen (secondary N) is 2. The molecule has 2 heterocycles.